The molecule has 1 aliphatic heterocycles. The number of rotatable bonds is 6. The van der Waals surface area contributed by atoms with Crippen molar-refractivity contribution in [3.8, 4) is 0 Å². The Kier molecular flexibility index (Phi) is 7.53. The quantitative estimate of drug-likeness (QED) is 0.640. The summed E-state index contributed by atoms with van der Waals surface area (Å²) in [6, 6.07) is 0.137. The lowest BCUT2D eigenvalue weighted by atomic mass is 9.75. The average molecular weight is 443 g/mol. The fourth-order valence-corrected chi connectivity index (χ4v) is 4.67. The number of likely N-dealkylation sites (tertiary alicyclic amines) is 1. The van der Waals surface area contributed by atoms with Crippen LogP contribution in [0.1, 0.15) is 46.0 Å². The fraction of sp³-hybridized carbons (Fsp3) is 1.00. The van der Waals surface area contributed by atoms with Crippen LogP contribution in [-0.2, 0) is 7.80 Å². The number of aliphatic hydroxyl groups excluding tert-OH is 1. The minimum absolute atomic E-state index is 0.0448. The highest BCUT2D eigenvalue weighted by Gasteiger charge is 2.38. The highest BCUT2D eigenvalue weighted by atomic mass is 127. The van der Waals surface area contributed by atoms with E-state index < -0.39 is 5.67 Å². The van der Waals surface area contributed by atoms with Crippen molar-refractivity contribution in [3.05, 3.63) is 0 Å². The number of piperidine rings is 1. The first kappa shape index (κ1) is 19.8. The van der Waals surface area contributed by atoms with Gasteiger partial charge in [-0.05, 0) is 57.8 Å². The maximum Gasteiger partial charge on any atom is 0.110 e. The molecule has 6 heteroatoms. The van der Waals surface area contributed by atoms with E-state index in [1.807, 2.05) is 23.0 Å². The molecule has 0 bridgehead atoms. The summed E-state index contributed by atoms with van der Waals surface area (Å²) in [5.74, 6) is 0.786. The van der Waals surface area contributed by atoms with E-state index in [1.165, 1.54) is 0 Å². The van der Waals surface area contributed by atoms with Crippen molar-refractivity contribution in [1.29, 1.82) is 0 Å². The summed E-state index contributed by atoms with van der Waals surface area (Å²) in [5.41, 5.74) is -1.06. The molecule has 0 aromatic rings. The lowest BCUT2D eigenvalue weighted by molar-refractivity contribution is -0.0707. The van der Waals surface area contributed by atoms with Crippen molar-refractivity contribution in [3.63, 3.8) is 0 Å². The summed E-state index contributed by atoms with van der Waals surface area (Å²) in [4.78, 5) is 2.35. The predicted octanol–water partition coefficient (Wildman–Crippen LogP) is 3.36. The molecule has 0 amide bonds. The molecule has 0 aromatic carbocycles. The van der Waals surface area contributed by atoms with Gasteiger partial charge in [-0.3, -0.25) is 4.90 Å². The first-order valence-electron chi connectivity index (χ1n) is 8.73. The van der Waals surface area contributed by atoms with Crippen molar-refractivity contribution in [2.45, 2.75) is 69.9 Å². The highest BCUT2D eigenvalue weighted by Crippen LogP contribution is 2.38. The summed E-state index contributed by atoms with van der Waals surface area (Å²) in [6.07, 6.45) is 4.99. The van der Waals surface area contributed by atoms with E-state index in [0.29, 0.717) is 5.92 Å². The van der Waals surface area contributed by atoms with Crippen molar-refractivity contribution >= 4 is 23.0 Å². The lowest BCUT2D eigenvalue weighted by Crippen LogP contribution is -2.55. The number of hydrogen-bond donors (Lipinski definition) is 1. The van der Waals surface area contributed by atoms with Gasteiger partial charge in [0.15, 0.2) is 0 Å². The summed E-state index contributed by atoms with van der Waals surface area (Å²) in [5, 5.41) is 9.72. The zero-order valence-electron chi connectivity index (χ0n) is 14.5. The van der Waals surface area contributed by atoms with Crippen molar-refractivity contribution in [2.75, 3.05) is 26.8 Å². The van der Waals surface area contributed by atoms with Crippen LogP contribution >= 0.6 is 23.0 Å². The van der Waals surface area contributed by atoms with Gasteiger partial charge in [-0.15, -0.1) is 0 Å². The summed E-state index contributed by atoms with van der Waals surface area (Å²) in [6.45, 7) is 5.33. The molecule has 0 radical (unpaired) electrons. The normalized spacial score (nSPS) is 37.0. The molecule has 1 saturated heterocycles. The zero-order valence-corrected chi connectivity index (χ0v) is 16.7. The van der Waals surface area contributed by atoms with Gasteiger partial charge in [0.1, 0.15) is 34.8 Å². The van der Waals surface area contributed by atoms with Crippen LogP contribution in [-0.4, -0.2) is 60.7 Å². The van der Waals surface area contributed by atoms with Crippen molar-refractivity contribution < 1.29 is 17.3 Å². The zero-order chi connectivity index (χ0) is 17.0. The van der Waals surface area contributed by atoms with Gasteiger partial charge in [0.05, 0.1) is 12.7 Å². The monoisotopic (exact) mass is 443 g/mol. The third kappa shape index (κ3) is 5.23. The third-order valence-electron chi connectivity index (χ3n) is 5.79. The topological polar surface area (TPSA) is 41.9 Å². The van der Waals surface area contributed by atoms with Gasteiger partial charge in [-0.25, -0.2) is 4.39 Å². The molecule has 2 fully saturated rings. The second-order valence-corrected chi connectivity index (χ2v) is 8.22. The minimum atomic E-state index is -1.06. The first-order valence-corrected chi connectivity index (χ1v) is 9.61. The van der Waals surface area contributed by atoms with E-state index >= 15 is 0 Å². The fourth-order valence-electron chi connectivity index (χ4n) is 4.18. The standard InChI is InChI=1S/C17H31FINO3/c1-17(2,18)13-6-4-12(5-7-13)9-20-10-16(23-19)15(22-3)8-14(20)11-21/h12-16,21H,4-11H2,1-3H3/t12?,13?,14-,15+,16+/m1/s1. The Morgan fingerprint density at radius 1 is 1.22 bits per heavy atom. The molecule has 3 atom stereocenters. The van der Waals surface area contributed by atoms with E-state index in [9.17, 15) is 9.50 Å². The largest absolute Gasteiger partial charge is 0.395 e. The third-order valence-corrected chi connectivity index (χ3v) is 6.44. The maximum atomic E-state index is 14.1. The molecule has 4 nitrogen and oxygen atoms in total. The molecule has 23 heavy (non-hydrogen) atoms. The van der Waals surface area contributed by atoms with Crippen LogP contribution in [0.4, 0.5) is 4.39 Å². The van der Waals surface area contributed by atoms with E-state index in [1.54, 1.807) is 21.0 Å². The molecule has 2 rings (SSSR count). The van der Waals surface area contributed by atoms with Gasteiger partial charge in [0.2, 0.25) is 0 Å². The Bertz CT molecular complexity index is 358. The van der Waals surface area contributed by atoms with Crippen LogP contribution in [0.3, 0.4) is 0 Å². The number of aliphatic hydroxyl groups is 1. The molecule has 1 saturated carbocycles. The van der Waals surface area contributed by atoms with E-state index in [-0.39, 0.29) is 30.8 Å². The number of halogens is 2. The molecule has 1 N–H and O–H groups in total. The van der Waals surface area contributed by atoms with Gasteiger partial charge in [-0.1, -0.05) is 0 Å². The summed E-state index contributed by atoms with van der Waals surface area (Å²) in [7, 11) is 1.71. The van der Waals surface area contributed by atoms with Crippen LogP contribution in [0.15, 0.2) is 0 Å². The predicted molar refractivity (Wildman–Crippen MR) is 97.4 cm³/mol. The average Bonchev–Trinajstić information content (AvgIpc) is 2.54. The minimum Gasteiger partial charge on any atom is -0.395 e. The van der Waals surface area contributed by atoms with Crippen LogP contribution in [0.25, 0.3) is 0 Å². The molecule has 0 aromatic heterocycles. The van der Waals surface area contributed by atoms with Gasteiger partial charge in [-0.2, -0.15) is 0 Å². The van der Waals surface area contributed by atoms with E-state index in [0.717, 1.165) is 45.2 Å². The van der Waals surface area contributed by atoms with Crippen LogP contribution in [0.2, 0.25) is 0 Å². The van der Waals surface area contributed by atoms with E-state index in [2.05, 4.69) is 4.90 Å². The van der Waals surface area contributed by atoms with E-state index in [4.69, 9.17) is 7.80 Å². The highest BCUT2D eigenvalue weighted by molar-refractivity contribution is 14.1. The second-order valence-electron chi connectivity index (χ2n) is 7.71. The molecule has 0 unspecified atom stereocenters. The lowest BCUT2D eigenvalue weighted by Gasteiger charge is -2.44. The molecule has 1 heterocycles. The Hall–Kier alpha value is 0.500. The molecule has 2 aliphatic rings. The number of hydrogen-bond acceptors (Lipinski definition) is 4. The number of methoxy groups -OCH3 is 1. The van der Waals surface area contributed by atoms with Crippen molar-refractivity contribution in [1.82, 2.24) is 4.90 Å². The molecular formula is C17H31FINO3. The first-order chi connectivity index (χ1) is 10.9. The van der Waals surface area contributed by atoms with Crippen molar-refractivity contribution in [2.24, 2.45) is 11.8 Å². The van der Waals surface area contributed by atoms with Crippen LogP contribution < -0.4 is 0 Å². The van der Waals surface area contributed by atoms with Gasteiger partial charge >= 0.3 is 0 Å². The molecule has 1 aliphatic carbocycles. The molecule has 0 spiro atoms. The Morgan fingerprint density at radius 3 is 2.35 bits per heavy atom. The number of alkyl halides is 1. The van der Waals surface area contributed by atoms with Gasteiger partial charge in [0.25, 0.3) is 0 Å². The summed E-state index contributed by atoms with van der Waals surface area (Å²) >= 11 is 1.95. The maximum absolute atomic E-state index is 14.1. The smallest absolute Gasteiger partial charge is 0.110 e. The second kappa shape index (κ2) is 8.74. The van der Waals surface area contributed by atoms with Gasteiger partial charge < -0.3 is 12.9 Å². The van der Waals surface area contributed by atoms with Gasteiger partial charge in [0, 0.05) is 26.2 Å². The SMILES string of the molecule is CO[C@H]1C[C@H](CO)N(CC2CCC(C(C)(C)F)CC2)C[C@@H]1OI. The Labute approximate surface area is 153 Å². The molecule has 136 valence electrons. The Balaban J connectivity index is 1.89. The summed E-state index contributed by atoms with van der Waals surface area (Å²) < 4.78 is 25.1. The number of nitrogens with zero attached hydrogens (tertiary/aromatic N) is 1. The molecular weight excluding hydrogens is 412 g/mol. The van der Waals surface area contributed by atoms with Crippen LogP contribution in [0, 0.1) is 11.8 Å². The number of ether oxygens (including phenoxy) is 1. The Morgan fingerprint density at radius 2 is 1.87 bits per heavy atom. The van der Waals surface area contributed by atoms with Crippen LogP contribution in [0.5, 0.6) is 0 Å².